The highest BCUT2D eigenvalue weighted by atomic mass is 19.1. The Kier molecular flexibility index (Phi) is 4.61. The first-order valence-corrected chi connectivity index (χ1v) is 6.20. The van der Waals surface area contributed by atoms with Crippen molar-refractivity contribution in [1.82, 2.24) is 0 Å². The van der Waals surface area contributed by atoms with E-state index in [2.05, 4.69) is 5.32 Å². The van der Waals surface area contributed by atoms with E-state index in [1.165, 1.54) is 12.1 Å². The third kappa shape index (κ3) is 4.10. The first-order valence-electron chi connectivity index (χ1n) is 6.20. The molecule has 3 N–H and O–H groups in total. The molecule has 110 valence electrons. The number of amides is 1. The summed E-state index contributed by atoms with van der Waals surface area (Å²) in [6, 6.07) is 10.6. The van der Waals surface area contributed by atoms with Gasteiger partial charge in [0.2, 0.25) is 0 Å². The average molecular weight is 290 g/mol. The van der Waals surface area contributed by atoms with Gasteiger partial charge in [0.05, 0.1) is 12.8 Å². The highest BCUT2D eigenvalue weighted by Crippen LogP contribution is 2.21. The number of rotatable bonds is 5. The lowest BCUT2D eigenvalue weighted by atomic mass is 10.3. The Hall–Kier alpha value is -2.76. The lowest BCUT2D eigenvalue weighted by molar-refractivity contribution is -0.118. The monoisotopic (exact) mass is 290 g/mol. The molecule has 0 spiro atoms. The quantitative estimate of drug-likeness (QED) is 0.829. The predicted octanol–water partition coefficient (Wildman–Crippen LogP) is 2.43. The SMILES string of the molecule is COc1ccc(NC(=O)COc2ccc(F)cc2N)cc1. The Balaban J connectivity index is 1.89. The van der Waals surface area contributed by atoms with E-state index >= 15 is 0 Å². The molecule has 0 fully saturated rings. The third-order valence-electron chi connectivity index (χ3n) is 2.70. The maximum atomic E-state index is 12.9. The molecule has 5 nitrogen and oxygen atoms in total. The Morgan fingerprint density at radius 3 is 2.57 bits per heavy atom. The van der Waals surface area contributed by atoms with E-state index in [-0.39, 0.29) is 24.0 Å². The highest BCUT2D eigenvalue weighted by molar-refractivity contribution is 5.92. The zero-order valence-electron chi connectivity index (χ0n) is 11.4. The molecule has 2 aromatic carbocycles. The maximum absolute atomic E-state index is 12.9. The van der Waals surface area contributed by atoms with Gasteiger partial charge in [-0.15, -0.1) is 0 Å². The maximum Gasteiger partial charge on any atom is 0.262 e. The number of carbonyl (C=O) groups is 1. The van der Waals surface area contributed by atoms with E-state index in [1.54, 1.807) is 31.4 Å². The normalized spacial score (nSPS) is 10.0. The summed E-state index contributed by atoms with van der Waals surface area (Å²) in [5, 5.41) is 2.66. The summed E-state index contributed by atoms with van der Waals surface area (Å²) in [5.74, 6) is 0.163. The van der Waals surface area contributed by atoms with Gasteiger partial charge in [-0.25, -0.2) is 4.39 Å². The molecule has 0 aromatic heterocycles. The van der Waals surface area contributed by atoms with Crippen LogP contribution in [0.15, 0.2) is 42.5 Å². The van der Waals surface area contributed by atoms with Crippen LogP contribution in [0.4, 0.5) is 15.8 Å². The number of methoxy groups -OCH3 is 1. The second-order valence-corrected chi connectivity index (χ2v) is 4.25. The van der Waals surface area contributed by atoms with Crippen LogP contribution in [0.5, 0.6) is 11.5 Å². The topological polar surface area (TPSA) is 73.6 Å². The second kappa shape index (κ2) is 6.60. The third-order valence-corrected chi connectivity index (χ3v) is 2.70. The zero-order valence-corrected chi connectivity index (χ0v) is 11.4. The number of ether oxygens (including phenoxy) is 2. The molecule has 21 heavy (non-hydrogen) atoms. The van der Waals surface area contributed by atoms with Crippen LogP contribution in [0.2, 0.25) is 0 Å². The summed E-state index contributed by atoms with van der Waals surface area (Å²) in [6.07, 6.45) is 0. The van der Waals surface area contributed by atoms with Crippen molar-refractivity contribution < 1.29 is 18.7 Å². The fourth-order valence-corrected chi connectivity index (χ4v) is 1.67. The molecule has 6 heteroatoms. The van der Waals surface area contributed by atoms with Crippen molar-refractivity contribution in [3.63, 3.8) is 0 Å². The average Bonchev–Trinajstić information content (AvgIpc) is 2.47. The molecule has 0 heterocycles. The first kappa shape index (κ1) is 14.6. The number of halogens is 1. The minimum absolute atomic E-state index is 0.146. The van der Waals surface area contributed by atoms with Crippen LogP contribution in [0.25, 0.3) is 0 Å². The molecule has 0 atom stereocenters. The van der Waals surface area contributed by atoms with Gasteiger partial charge in [0.1, 0.15) is 17.3 Å². The molecule has 2 rings (SSSR count). The van der Waals surface area contributed by atoms with E-state index in [0.29, 0.717) is 11.4 Å². The molecule has 0 aliphatic heterocycles. The van der Waals surface area contributed by atoms with Gasteiger partial charge < -0.3 is 20.5 Å². The van der Waals surface area contributed by atoms with Crippen LogP contribution in [0.3, 0.4) is 0 Å². The van der Waals surface area contributed by atoms with Crippen molar-refractivity contribution in [2.24, 2.45) is 0 Å². The molecule has 0 saturated heterocycles. The molecule has 0 bridgehead atoms. The van der Waals surface area contributed by atoms with Crippen molar-refractivity contribution in [2.45, 2.75) is 0 Å². The molecule has 1 amide bonds. The van der Waals surface area contributed by atoms with Gasteiger partial charge in [-0.1, -0.05) is 0 Å². The van der Waals surface area contributed by atoms with E-state index in [1.807, 2.05) is 0 Å². The number of nitrogen functional groups attached to an aromatic ring is 1. The van der Waals surface area contributed by atoms with Gasteiger partial charge in [-0.3, -0.25) is 4.79 Å². The zero-order chi connectivity index (χ0) is 15.2. The minimum atomic E-state index is -0.456. The molecule has 0 radical (unpaired) electrons. The number of hydrogen-bond donors (Lipinski definition) is 2. The van der Waals surface area contributed by atoms with Crippen LogP contribution in [0, 0.1) is 5.82 Å². The molecule has 2 aromatic rings. The van der Waals surface area contributed by atoms with Crippen molar-refractivity contribution in [1.29, 1.82) is 0 Å². The predicted molar refractivity (Wildman–Crippen MR) is 77.9 cm³/mol. The summed E-state index contributed by atoms with van der Waals surface area (Å²) in [4.78, 5) is 11.7. The molecule has 0 unspecified atom stereocenters. The number of nitrogens with one attached hydrogen (secondary N) is 1. The fraction of sp³-hybridized carbons (Fsp3) is 0.133. The van der Waals surface area contributed by atoms with Gasteiger partial charge in [0, 0.05) is 11.8 Å². The lowest BCUT2D eigenvalue weighted by Crippen LogP contribution is -2.20. The van der Waals surface area contributed by atoms with Crippen molar-refractivity contribution >= 4 is 17.3 Å². The summed E-state index contributed by atoms with van der Waals surface area (Å²) in [7, 11) is 1.56. The lowest BCUT2D eigenvalue weighted by Gasteiger charge is -2.09. The Bertz CT molecular complexity index is 629. The van der Waals surface area contributed by atoms with E-state index in [4.69, 9.17) is 15.2 Å². The fourth-order valence-electron chi connectivity index (χ4n) is 1.67. The van der Waals surface area contributed by atoms with Gasteiger partial charge in [0.15, 0.2) is 6.61 Å². The molecule has 0 saturated carbocycles. The molecule has 0 aliphatic rings. The largest absolute Gasteiger partial charge is 0.497 e. The Labute approximate surface area is 121 Å². The Morgan fingerprint density at radius 1 is 1.24 bits per heavy atom. The molecular weight excluding hydrogens is 275 g/mol. The van der Waals surface area contributed by atoms with E-state index < -0.39 is 5.82 Å². The van der Waals surface area contributed by atoms with Crippen LogP contribution < -0.4 is 20.5 Å². The number of nitrogens with two attached hydrogens (primary N) is 1. The second-order valence-electron chi connectivity index (χ2n) is 4.25. The number of anilines is 2. The first-order chi connectivity index (χ1) is 10.1. The summed E-state index contributed by atoms with van der Waals surface area (Å²) >= 11 is 0. The van der Waals surface area contributed by atoms with Crippen molar-refractivity contribution in [2.75, 3.05) is 24.8 Å². The van der Waals surface area contributed by atoms with Crippen molar-refractivity contribution in [3.8, 4) is 11.5 Å². The van der Waals surface area contributed by atoms with Crippen LogP contribution in [-0.4, -0.2) is 19.6 Å². The number of carbonyl (C=O) groups excluding carboxylic acids is 1. The standard InChI is InChI=1S/C15H15FN2O3/c1-20-12-5-3-11(4-6-12)18-15(19)9-21-14-7-2-10(16)8-13(14)17/h2-8H,9,17H2,1H3,(H,18,19). The Morgan fingerprint density at radius 2 is 1.95 bits per heavy atom. The van der Waals surface area contributed by atoms with Gasteiger partial charge >= 0.3 is 0 Å². The van der Waals surface area contributed by atoms with Crippen LogP contribution in [0.1, 0.15) is 0 Å². The smallest absolute Gasteiger partial charge is 0.262 e. The summed E-state index contributed by atoms with van der Waals surface area (Å²) in [6.45, 7) is -0.220. The summed E-state index contributed by atoms with van der Waals surface area (Å²) in [5.41, 5.74) is 6.35. The van der Waals surface area contributed by atoms with Crippen molar-refractivity contribution in [3.05, 3.63) is 48.3 Å². The molecular formula is C15H15FN2O3. The van der Waals surface area contributed by atoms with Gasteiger partial charge in [0.25, 0.3) is 5.91 Å². The van der Waals surface area contributed by atoms with Gasteiger partial charge in [-0.2, -0.15) is 0 Å². The number of benzene rings is 2. The highest BCUT2D eigenvalue weighted by Gasteiger charge is 2.07. The molecule has 0 aliphatic carbocycles. The summed E-state index contributed by atoms with van der Waals surface area (Å²) < 4.78 is 23.1. The van der Waals surface area contributed by atoms with Crippen LogP contribution >= 0.6 is 0 Å². The number of hydrogen-bond acceptors (Lipinski definition) is 4. The van der Waals surface area contributed by atoms with E-state index in [9.17, 15) is 9.18 Å². The van der Waals surface area contributed by atoms with Crippen LogP contribution in [-0.2, 0) is 4.79 Å². The minimum Gasteiger partial charge on any atom is -0.497 e. The van der Waals surface area contributed by atoms with Gasteiger partial charge in [-0.05, 0) is 36.4 Å². The van der Waals surface area contributed by atoms with E-state index in [0.717, 1.165) is 6.07 Å².